The zero-order chi connectivity index (χ0) is 16.2. The van der Waals surface area contributed by atoms with Gasteiger partial charge in [0.1, 0.15) is 5.75 Å². The molecule has 1 aliphatic heterocycles. The number of nitriles is 1. The van der Waals surface area contributed by atoms with Gasteiger partial charge in [0.05, 0.1) is 11.6 Å². The predicted octanol–water partition coefficient (Wildman–Crippen LogP) is 2.23. The van der Waals surface area contributed by atoms with E-state index < -0.39 is 0 Å². The van der Waals surface area contributed by atoms with E-state index in [1.807, 2.05) is 17.0 Å². The van der Waals surface area contributed by atoms with Gasteiger partial charge in [0, 0.05) is 37.4 Å². The van der Waals surface area contributed by atoms with Crippen LogP contribution in [0.15, 0.2) is 48.5 Å². The number of aromatic hydroxyl groups is 1. The second-order valence-electron chi connectivity index (χ2n) is 5.48. The third kappa shape index (κ3) is 3.27. The fourth-order valence-corrected chi connectivity index (χ4v) is 2.70. The van der Waals surface area contributed by atoms with Crippen molar-refractivity contribution in [2.24, 2.45) is 0 Å². The van der Waals surface area contributed by atoms with Gasteiger partial charge >= 0.3 is 0 Å². The lowest BCUT2D eigenvalue weighted by molar-refractivity contribution is 0.0747. The van der Waals surface area contributed by atoms with Gasteiger partial charge in [-0.2, -0.15) is 5.26 Å². The lowest BCUT2D eigenvalue weighted by Gasteiger charge is -2.36. The summed E-state index contributed by atoms with van der Waals surface area (Å²) in [5, 5.41) is 18.1. The Hall–Kier alpha value is -3.00. The van der Waals surface area contributed by atoms with Gasteiger partial charge in [0.25, 0.3) is 5.91 Å². The first-order chi connectivity index (χ1) is 11.2. The predicted molar refractivity (Wildman–Crippen MR) is 87.4 cm³/mol. The highest BCUT2D eigenvalue weighted by Crippen LogP contribution is 2.20. The quantitative estimate of drug-likeness (QED) is 0.924. The molecule has 2 aromatic carbocycles. The van der Waals surface area contributed by atoms with Crippen molar-refractivity contribution < 1.29 is 9.90 Å². The number of carbonyl (C=O) groups is 1. The third-order valence-electron chi connectivity index (χ3n) is 4.04. The van der Waals surface area contributed by atoms with Gasteiger partial charge in [0.15, 0.2) is 0 Å². The van der Waals surface area contributed by atoms with Gasteiger partial charge in [-0.15, -0.1) is 0 Å². The summed E-state index contributed by atoms with van der Waals surface area (Å²) in [6.45, 7) is 2.82. The Kier molecular flexibility index (Phi) is 4.15. The molecule has 0 saturated carbocycles. The normalized spacial score (nSPS) is 14.4. The fraction of sp³-hybridized carbons (Fsp3) is 0.222. The Morgan fingerprint density at radius 1 is 0.957 bits per heavy atom. The van der Waals surface area contributed by atoms with Crippen LogP contribution in [0.2, 0.25) is 0 Å². The van der Waals surface area contributed by atoms with Crippen molar-refractivity contribution in [3.63, 3.8) is 0 Å². The van der Waals surface area contributed by atoms with Gasteiger partial charge < -0.3 is 14.9 Å². The molecule has 2 aromatic rings. The summed E-state index contributed by atoms with van der Waals surface area (Å²) in [5.74, 6) is 0.253. The lowest BCUT2D eigenvalue weighted by atomic mass is 10.1. The maximum Gasteiger partial charge on any atom is 0.253 e. The Balaban J connectivity index is 1.62. The first-order valence-electron chi connectivity index (χ1n) is 7.51. The average Bonchev–Trinajstić information content (AvgIpc) is 2.62. The van der Waals surface area contributed by atoms with Crippen LogP contribution < -0.4 is 4.90 Å². The molecule has 5 heteroatoms. The maximum atomic E-state index is 12.5. The summed E-state index contributed by atoms with van der Waals surface area (Å²) in [7, 11) is 0. The highest BCUT2D eigenvalue weighted by Gasteiger charge is 2.22. The van der Waals surface area contributed by atoms with E-state index in [-0.39, 0.29) is 11.7 Å². The highest BCUT2D eigenvalue weighted by molar-refractivity contribution is 5.94. The minimum absolute atomic E-state index is 0.000143. The molecule has 0 spiro atoms. The van der Waals surface area contributed by atoms with Crippen LogP contribution in [0.25, 0.3) is 0 Å². The first kappa shape index (κ1) is 14.9. The molecule has 3 rings (SSSR count). The number of rotatable bonds is 2. The van der Waals surface area contributed by atoms with Gasteiger partial charge in [-0.1, -0.05) is 0 Å². The van der Waals surface area contributed by atoms with Gasteiger partial charge in [-0.3, -0.25) is 4.79 Å². The molecule has 0 bridgehead atoms. The molecule has 0 unspecified atom stereocenters. The number of carbonyl (C=O) groups excluding carboxylic acids is 1. The van der Waals surface area contributed by atoms with Gasteiger partial charge in [0.2, 0.25) is 0 Å². The second-order valence-corrected chi connectivity index (χ2v) is 5.48. The number of benzene rings is 2. The van der Waals surface area contributed by atoms with Gasteiger partial charge in [-0.25, -0.2) is 0 Å². The van der Waals surface area contributed by atoms with Crippen LogP contribution in [0.1, 0.15) is 15.9 Å². The van der Waals surface area contributed by atoms with Crippen molar-refractivity contribution in [2.45, 2.75) is 0 Å². The summed E-state index contributed by atoms with van der Waals surface area (Å²) < 4.78 is 0. The van der Waals surface area contributed by atoms with Crippen LogP contribution in [0, 0.1) is 11.3 Å². The number of piperazine rings is 1. The molecule has 116 valence electrons. The molecule has 23 heavy (non-hydrogen) atoms. The molecule has 1 N–H and O–H groups in total. The Bertz CT molecular complexity index is 724. The van der Waals surface area contributed by atoms with E-state index in [2.05, 4.69) is 11.0 Å². The summed E-state index contributed by atoms with van der Waals surface area (Å²) >= 11 is 0. The summed E-state index contributed by atoms with van der Waals surface area (Å²) in [6, 6.07) is 15.9. The number of amides is 1. The van der Waals surface area contributed by atoms with E-state index in [1.165, 1.54) is 0 Å². The summed E-state index contributed by atoms with van der Waals surface area (Å²) in [4.78, 5) is 16.5. The third-order valence-corrected chi connectivity index (χ3v) is 4.04. The van der Waals surface area contributed by atoms with Crippen LogP contribution in [0.3, 0.4) is 0 Å². The van der Waals surface area contributed by atoms with Crippen LogP contribution >= 0.6 is 0 Å². The van der Waals surface area contributed by atoms with Crippen LogP contribution in [-0.4, -0.2) is 42.1 Å². The van der Waals surface area contributed by atoms with Crippen LogP contribution in [0.4, 0.5) is 5.69 Å². The molecule has 1 fully saturated rings. The molecule has 1 amide bonds. The van der Waals surface area contributed by atoms with Crippen molar-refractivity contribution in [3.05, 3.63) is 59.7 Å². The molecule has 5 nitrogen and oxygen atoms in total. The molecule has 0 aliphatic carbocycles. The number of phenolic OH excluding ortho intramolecular Hbond substituents is 1. The summed E-state index contributed by atoms with van der Waals surface area (Å²) in [6.07, 6.45) is 0. The molecule has 0 radical (unpaired) electrons. The van der Waals surface area contributed by atoms with E-state index in [0.717, 1.165) is 18.8 Å². The number of hydrogen-bond acceptors (Lipinski definition) is 4. The Morgan fingerprint density at radius 3 is 2.13 bits per heavy atom. The van der Waals surface area contributed by atoms with E-state index >= 15 is 0 Å². The molecule has 1 heterocycles. The minimum Gasteiger partial charge on any atom is -0.508 e. The van der Waals surface area contributed by atoms with E-state index in [4.69, 9.17) is 5.26 Å². The van der Waals surface area contributed by atoms with Crippen molar-refractivity contribution in [1.29, 1.82) is 5.26 Å². The van der Waals surface area contributed by atoms with Crippen molar-refractivity contribution in [2.75, 3.05) is 31.1 Å². The Labute approximate surface area is 135 Å². The molecule has 0 atom stereocenters. The minimum atomic E-state index is -0.000143. The van der Waals surface area contributed by atoms with Gasteiger partial charge in [-0.05, 0) is 48.5 Å². The van der Waals surface area contributed by atoms with Crippen molar-refractivity contribution in [1.82, 2.24) is 4.90 Å². The molecule has 0 aromatic heterocycles. The highest BCUT2D eigenvalue weighted by atomic mass is 16.3. The number of hydrogen-bond donors (Lipinski definition) is 1. The zero-order valence-electron chi connectivity index (χ0n) is 12.6. The lowest BCUT2D eigenvalue weighted by Crippen LogP contribution is -2.48. The zero-order valence-corrected chi connectivity index (χ0v) is 12.6. The number of phenols is 1. The average molecular weight is 307 g/mol. The summed E-state index contributed by atoms with van der Waals surface area (Å²) in [5.41, 5.74) is 2.22. The standard InChI is InChI=1S/C18H17N3O2/c19-13-14-1-3-15(4-2-14)18(23)21-11-9-20(10-12-21)16-5-7-17(22)8-6-16/h1-8,22H,9-12H2. The fourth-order valence-electron chi connectivity index (χ4n) is 2.70. The second kappa shape index (κ2) is 6.41. The molecule has 1 saturated heterocycles. The van der Waals surface area contributed by atoms with Crippen LogP contribution in [-0.2, 0) is 0 Å². The monoisotopic (exact) mass is 307 g/mol. The topological polar surface area (TPSA) is 67.6 Å². The van der Waals surface area contributed by atoms with E-state index in [0.29, 0.717) is 24.2 Å². The smallest absolute Gasteiger partial charge is 0.253 e. The van der Waals surface area contributed by atoms with Crippen molar-refractivity contribution in [3.8, 4) is 11.8 Å². The Morgan fingerprint density at radius 2 is 1.57 bits per heavy atom. The number of nitrogens with zero attached hydrogens (tertiary/aromatic N) is 3. The van der Waals surface area contributed by atoms with E-state index in [9.17, 15) is 9.90 Å². The SMILES string of the molecule is N#Cc1ccc(C(=O)N2CCN(c3ccc(O)cc3)CC2)cc1. The van der Waals surface area contributed by atoms with Crippen LogP contribution in [0.5, 0.6) is 5.75 Å². The number of anilines is 1. The van der Waals surface area contributed by atoms with Crippen molar-refractivity contribution >= 4 is 11.6 Å². The first-order valence-corrected chi connectivity index (χ1v) is 7.51. The van der Waals surface area contributed by atoms with E-state index in [1.54, 1.807) is 36.4 Å². The molecular formula is C18H17N3O2. The largest absolute Gasteiger partial charge is 0.508 e. The molecule has 1 aliphatic rings. The maximum absolute atomic E-state index is 12.5. The molecular weight excluding hydrogens is 290 g/mol.